The zero-order chi connectivity index (χ0) is 20.0. The van der Waals surface area contributed by atoms with E-state index in [0.29, 0.717) is 19.1 Å². The van der Waals surface area contributed by atoms with Crippen LogP contribution in [0.1, 0.15) is 11.1 Å². The minimum atomic E-state index is 0.460. The van der Waals surface area contributed by atoms with Gasteiger partial charge in [-0.3, -0.25) is 0 Å². The van der Waals surface area contributed by atoms with Crippen LogP contribution in [0.25, 0.3) is 0 Å². The van der Waals surface area contributed by atoms with Crippen LogP contribution < -0.4 is 15.8 Å². The van der Waals surface area contributed by atoms with Crippen LogP contribution in [0, 0.1) is 0 Å². The van der Waals surface area contributed by atoms with Crippen molar-refractivity contribution in [2.75, 3.05) is 47.0 Å². The quantitative estimate of drug-likeness (QED) is 0.434. The molecule has 0 aromatic heterocycles. The van der Waals surface area contributed by atoms with Gasteiger partial charge in [-0.25, -0.2) is 4.99 Å². The van der Waals surface area contributed by atoms with Crippen LogP contribution in [0.2, 0.25) is 0 Å². The number of aliphatic imine (C=N–C) groups is 1. The average molecular weight is 385 g/mol. The minimum Gasteiger partial charge on any atom is -0.492 e. The first-order chi connectivity index (χ1) is 13.7. The van der Waals surface area contributed by atoms with E-state index in [1.165, 1.54) is 5.56 Å². The number of hydrogen-bond acceptors (Lipinski definition) is 4. The number of benzene rings is 2. The number of methoxy groups -OCH3 is 1. The van der Waals surface area contributed by atoms with Gasteiger partial charge in [-0.05, 0) is 36.7 Å². The second-order valence-electron chi connectivity index (χ2n) is 6.66. The first-order valence-corrected chi connectivity index (χ1v) is 9.64. The number of nitrogens with zero attached hydrogens (tertiary/aromatic N) is 2. The number of guanidine groups is 1. The molecular weight excluding hydrogens is 352 g/mol. The van der Waals surface area contributed by atoms with Crippen molar-refractivity contribution in [1.29, 1.82) is 0 Å². The fourth-order valence-electron chi connectivity index (χ4n) is 2.62. The SMILES string of the molecule is COCCN(C)CCOc1cccc(CN=C(N)NCCc2ccccc2)c1. The standard InChI is InChI=1S/C22H32N4O2/c1-26(13-15-27-2)14-16-28-21-10-6-9-20(17-21)18-25-22(23)24-12-11-19-7-4-3-5-8-19/h3-10,17H,11-16,18H2,1-2H3,(H3,23,24,25). The molecule has 28 heavy (non-hydrogen) atoms. The molecule has 0 spiro atoms. The summed E-state index contributed by atoms with van der Waals surface area (Å²) in [6, 6.07) is 18.3. The number of nitrogens with one attached hydrogen (secondary N) is 1. The lowest BCUT2D eigenvalue weighted by Crippen LogP contribution is -2.33. The fourth-order valence-corrected chi connectivity index (χ4v) is 2.62. The maximum atomic E-state index is 5.97. The topological polar surface area (TPSA) is 72.1 Å². The van der Waals surface area contributed by atoms with E-state index in [1.54, 1.807) is 7.11 Å². The number of ether oxygens (including phenoxy) is 2. The van der Waals surface area contributed by atoms with Crippen molar-refractivity contribution in [2.45, 2.75) is 13.0 Å². The van der Waals surface area contributed by atoms with Gasteiger partial charge in [0.15, 0.2) is 5.96 Å². The molecule has 0 saturated carbocycles. The summed E-state index contributed by atoms with van der Waals surface area (Å²) in [6.07, 6.45) is 0.916. The fraction of sp³-hybridized carbons (Fsp3) is 0.409. The van der Waals surface area contributed by atoms with Gasteiger partial charge in [0.1, 0.15) is 12.4 Å². The van der Waals surface area contributed by atoms with E-state index in [9.17, 15) is 0 Å². The van der Waals surface area contributed by atoms with E-state index in [4.69, 9.17) is 15.2 Å². The molecule has 0 atom stereocenters. The second-order valence-corrected chi connectivity index (χ2v) is 6.66. The van der Waals surface area contributed by atoms with Crippen molar-refractivity contribution in [3.63, 3.8) is 0 Å². The summed E-state index contributed by atoms with van der Waals surface area (Å²) in [5, 5.41) is 3.16. The van der Waals surface area contributed by atoms with Gasteiger partial charge in [0, 0.05) is 26.7 Å². The molecule has 0 aliphatic rings. The molecule has 2 rings (SSSR count). The Morgan fingerprint density at radius 1 is 1.04 bits per heavy atom. The van der Waals surface area contributed by atoms with Gasteiger partial charge in [-0.2, -0.15) is 0 Å². The van der Waals surface area contributed by atoms with Crippen LogP contribution in [-0.2, 0) is 17.7 Å². The lowest BCUT2D eigenvalue weighted by Gasteiger charge is -2.16. The summed E-state index contributed by atoms with van der Waals surface area (Å²) in [5.41, 5.74) is 8.31. The van der Waals surface area contributed by atoms with E-state index >= 15 is 0 Å². The smallest absolute Gasteiger partial charge is 0.188 e. The van der Waals surface area contributed by atoms with Gasteiger partial charge in [-0.15, -0.1) is 0 Å². The van der Waals surface area contributed by atoms with Gasteiger partial charge in [0.05, 0.1) is 13.2 Å². The van der Waals surface area contributed by atoms with Crippen LogP contribution in [0.4, 0.5) is 0 Å². The Balaban J connectivity index is 1.71. The summed E-state index contributed by atoms with van der Waals surface area (Å²) >= 11 is 0. The number of nitrogens with two attached hydrogens (primary N) is 1. The normalized spacial score (nSPS) is 11.6. The number of rotatable bonds is 12. The number of likely N-dealkylation sites (N-methyl/N-ethyl adjacent to an activating group) is 1. The predicted octanol–water partition coefficient (Wildman–Crippen LogP) is 2.29. The third kappa shape index (κ3) is 8.88. The van der Waals surface area contributed by atoms with Crippen LogP contribution in [-0.4, -0.2) is 57.9 Å². The molecule has 0 aliphatic heterocycles. The van der Waals surface area contributed by atoms with Crippen molar-refractivity contribution >= 4 is 5.96 Å². The molecular formula is C22H32N4O2. The summed E-state index contributed by atoms with van der Waals surface area (Å²) in [7, 11) is 3.77. The number of hydrogen-bond donors (Lipinski definition) is 2. The van der Waals surface area contributed by atoms with E-state index in [1.807, 2.05) is 42.5 Å². The van der Waals surface area contributed by atoms with E-state index in [0.717, 1.165) is 44.0 Å². The molecule has 0 aliphatic carbocycles. The molecule has 0 unspecified atom stereocenters. The molecule has 0 heterocycles. The lowest BCUT2D eigenvalue weighted by atomic mass is 10.1. The molecule has 0 amide bonds. The Labute approximate surface area is 168 Å². The molecule has 0 radical (unpaired) electrons. The van der Waals surface area contributed by atoms with Gasteiger partial charge in [0.25, 0.3) is 0 Å². The van der Waals surface area contributed by atoms with Gasteiger partial charge >= 0.3 is 0 Å². The first-order valence-electron chi connectivity index (χ1n) is 9.64. The first kappa shape index (κ1) is 21.7. The summed E-state index contributed by atoms with van der Waals surface area (Å²) in [5.74, 6) is 1.31. The molecule has 2 aromatic rings. The van der Waals surface area contributed by atoms with E-state index in [-0.39, 0.29) is 0 Å². The van der Waals surface area contributed by atoms with Gasteiger partial charge in [-0.1, -0.05) is 42.5 Å². The second kappa shape index (κ2) is 12.8. The maximum Gasteiger partial charge on any atom is 0.188 e. The highest BCUT2D eigenvalue weighted by molar-refractivity contribution is 5.77. The Morgan fingerprint density at radius 3 is 2.57 bits per heavy atom. The monoisotopic (exact) mass is 384 g/mol. The Hall–Kier alpha value is -2.57. The van der Waals surface area contributed by atoms with Crippen molar-refractivity contribution < 1.29 is 9.47 Å². The zero-order valence-electron chi connectivity index (χ0n) is 16.9. The highest BCUT2D eigenvalue weighted by Crippen LogP contribution is 2.14. The van der Waals surface area contributed by atoms with E-state index < -0.39 is 0 Å². The summed E-state index contributed by atoms with van der Waals surface area (Å²) in [4.78, 5) is 6.59. The van der Waals surface area contributed by atoms with Crippen LogP contribution in [0.15, 0.2) is 59.6 Å². The molecule has 2 aromatic carbocycles. The zero-order valence-corrected chi connectivity index (χ0v) is 16.9. The van der Waals surface area contributed by atoms with Crippen molar-refractivity contribution in [1.82, 2.24) is 10.2 Å². The predicted molar refractivity (Wildman–Crippen MR) is 115 cm³/mol. The molecule has 0 bridgehead atoms. The third-order valence-corrected chi connectivity index (χ3v) is 4.31. The molecule has 3 N–H and O–H groups in total. The van der Waals surface area contributed by atoms with Crippen molar-refractivity contribution in [2.24, 2.45) is 10.7 Å². The molecule has 6 heteroatoms. The maximum absolute atomic E-state index is 5.97. The Kier molecular flexibility index (Phi) is 9.89. The van der Waals surface area contributed by atoms with Gasteiger partial charge in [0.2, 0.25) is 0 Å². The van der Waals surface area contributed by atoms with Crippen molar-refractivity contribution in [3.05, 3.63) is 65.7 Å². The summed E-state index contributed by atoms with van der Waals surface area (Å²) in [6.45, 7) is 4.39. The molecule has 0 fully saturated rings. The van der Waals surface area contributed by atoms with Crippen molar-refractivity contribution in [3.8, 4) is 5.75 Å². The molecule has 0 saturated heterocycles. The average Bonchev–Trinajstić information content (AvgIpc) is 2.72. The van der Waals surface area contributed by atoms with Crippen LogP contribution >= 0.6 is 0 Å². The largest absolute Gasteiger partial charge is 0.492 e. The van der Waals surface area contributed by atoms with Crippen LogP contribution in [0.5, 0.6) is 5.75 Å². The molecule has 6 nitrogen and oxygen atoms in total. The summed E-state index contributed by atoms with van der Waals surface area (Å²) < 4.78 is 10.9. The van der Waals surface area contributed by atoms with E-state index in [2.05, 4.69) is 34.4 Å². The minimum absolute atomic E-state index is 0.460. The van der Waals surface area contributed by atoms with Crippen LogP contribution in [0.3, 0.4) is 0 Å². The Morgan fingerprint density at radius 2 is 1.79 bits per heavy atom. The molecule has 152 valence electrons. The van der Waals surface area contributed by atoms with Gasteiger partial charge < -0.3 is 25.4 Å². The lowest BCUT2D eigenvalue weighted by molar-refractivity contribution is 0.150. The highest BCUT2D eigenvalue weighted by Gasteiger charge is 2.01. The Bertz CT molecular complexity index is 707. The highest BCUT2D eigenvalue weighted by atomic mass is 16.5. The third-order valence-electron chi connectivity index (χ3n) is 4.31.